The number of hydrogen-bond acceptors (Lipinski definition) is 7. The van der Waals surface area contributed by atoms with Gasteiger partial charge in [-0.05, 0) is 24.3 Å². The quantitative estimate of drug-likeness (QED) is 0.761. The van der Waals surface area contributed by atoms with E-state index in [2.05, 4.69) is 15.3 Å². The zero-order valence-electron chi connectivity index (χ0n) is 12.6. The van der Waals surface area contributed by atoms with Crippen LogP contribution in [0.2, 0.25) is 0 Å². The molecular weight excluding hydrogens is 308 g/mol. The van der Waals surface area contributed by atoms with E-state index in [0.717, 1.165) is 5.69 Å². The van der Waals surface area contributed by atoms with Crippen LogP contribution in [0.5, 0.6) is 23.1 Å². The van der Waals surface area contributed by atoms with Gasteiger partial charge in [0.2, 0.25) is 12.7 Å². The standard InChI is InChI=1S/C17H14N4O3/c18-15-16(21-11-6-7-13-14(8-11)23-10-22-13)19-9-20-17(15)24-12-4-2-1-3-5-12/h1-9H,10,18H2,(H,19,20,21). The minimum Gasteiger partial charge on any atom is -0.454 e. The highest BCUT2D eigenvalue weighted by atomic mass is 16.7. The Labute approximate surface area is 138 Å². The Bertz CT molecular complexity index is 871. The number of nitrogen functional groups attached to an aromatic ring is 1. The molecule has 0 saturated carbocycles. The highest BCUT2D eigenvalue weighted by Gasteiger charge is 2.15. The Morgan fingerprint density at radius 2 is 1.83 bits per heavy atom. The molecule has 0 spiro atoms. The summed E-state index contributed by atoms with van der Waals surface area (Å²) in [5, 5.41) is 3.14. The van der Waals surface area contributed by atoms with Crippen molar-refractivity contribution in [1.82, 2.24) is 9.97 Å². The fraction of sp³-hybridized carbons (Fsp3) is 0.0588. The van der Waals surface area contributed by atoms with Crippen LogP contribution in [0.1, 0.15) is 0 Å². The van der Waals surface area contributed by atoms with Gasteiger partial charge < -0.3 is 25.3 Å². The summed E-state index contributed by atoms with van der Waals surface area (Å²) in [6.45, 7) is 0.226. The maximum atomic E-state index is 6.12. The Kier molecular flexibility index (Phi) is 3.51. The van der Waals surface area contributed by atoms with Crippen LogP contribution < -0.4 is 25.3 Å². The largest absolute Gasteiger partial charge is 0.454 e. The van der Waals surface area contributed by atoms with Crippen molar-refractivity contribution in [2.24, 2.45) is 0 Å². The number of nitrogens with two attached hydrogens (primary N) is 1. The lowest BCUT2D eigenvalue weighted by Gasteiger charge is -2.12. The number of ether oxygens (including phenoxy) is 3. The highest BCUT2D eigenvalue weighted by Crippen LogP contribution is 2.36. The summed E-state index contributed by atoms with van der Waals surface area (Å²) in [7, 11) is 0. The van der Waals surface area contributed by atoms with Gasteiger partial charge in [-0.2, -0.15) is 4.98 Å². The minimum absolute atomic E-state index is 0.226. The van der Waals surface area contributed by atoms with E-state index in [1.54, 1.807) is 0 Å². The molecule has 2 aromatic carbocycles. The second-order valence-electron chi connectivity index (χ2n) is 5.05. The molecule has 0 aliphatic carbocycles. The van der Waals surface area contributed by atoms with Gasteiger partial charge in [-0.3, -0.25) is 0 Å². The van der Waals surface area contributed by atoms with Gasteiger partial charge >= 0.3 is 0 Å². The van der Waals surface area contributed by atoms with Crippen LogP contribution in [0.25, 0.3) is 0 Å². The molecule has 24 heavy (non-hydrogen) atoms. The van der Waals surface area contributed by atoms with Crippen molar-refractivity contribution in [2.45, 2.75) is 0 Å². The molecular formula is C17H14N4O3. The van der Waals surface area contributed by atoms with Crippen molar-refractivity contribution in [1.29, 1.82) is 0 Å². The molecule has 0 amide bonds. The Morgan fingerprint density at radius 1 is 1.00 bits per heavy atom. The van der Waals surface area contributed by atoms with Gasteiger partial charge in [0, 0.05) is 11.8 Å². The molecule has 4 rings (SSSR count). The van der Waals surface area contributed by atoms with Gasteiger partial charge in [0.25, 0.3) is 0 Å². The van der Waals surface area contributed by atoms with Gasteiger partial charge in [-0.1, -0.05) is 18.2 Å². The van der Waals surface area contributed by atoms with Crippen LogP contribution >= 0.6 is 0 Å². The fourth-order valence-corrected chi connectivity index (χ4v) is 2.27. The summed E-state index contributed by atoms with van der Waals surface area (Å²) < 4.78 is 16.4. The lowest BCUT2D eigenvalue weighted by Crippen LogP contribution is -2.03. The first-order valence-electron chi connectivity index (χ1n) is 7.29. The van der Waals surface area contributed by atoms with Crippen LogP contribution in [0, 0.1) is 0 Å². The molecule has 0 bridgehead atoms. The lowest BCUT2D eigenvalue weighted by atomic mass is 10.2. The summed E-state index contributed by atoms with van der Waals surface area (Å²) in [6.07, 6.45) is 1.39. The average molecular weight is 322 g/mol. The molecule has 1 aliphatic heterocycles. The Balaban J connectivity index is 1.58. The van der Waals surface area contributed by atoms with E-state index < -0.39 is 0 Å². The molecule has 0 radical (unpaired) electrons. The van der Waals surface area contributed by atoms with Crippen molar-refractivity contribution in [3.63, 3.8) is 0 Å². The molecule has 0 saturated heterocycles. The molecule has 1 aliphatic rings. The van der Waals surface area contributed by atoms with E-state index in [0.29, 0.717) is 34.6 Å². The number of rotatable bonds is 4. The molecule has 0 atom stereocenters. The number of para-hydroxylation sites is 1. The van der Waals surface area contributed by atoms with Crippen molar-refractivity contribution >= 4 is 17.2 Å². The van der Waals surface area contributed by atoms with Crippen molar-refractivity contribution in [3.8, 4) is 23.1 Å². The van der Waals surface area contributed by atoms with E-state index in [1.807, 2.05) is 48.5 Å². The summed E-state index contributed by atoms with van der Waals surface area (Å²) in [6, 6.07) is 14.8. The normalized spacial score (nSPS) is 12.0. The smallest absolute Gasteiger partial charge is 0.248 e. The summed E-state index contributed by atoms with van der Waals surface area (Å²) in [5.74, 6) is 2.78. The molecule has 0 unspecified atom stereocenters. The third-order valence-corrected chi connectivity index (χ3v) is 3.44. The van der Waals surface area contributed by atoms with Crippen molar-refractivity contribution in [3.05, 3.63) is 54.9 Å². The molecule has 3 aromatic rings. The van der Waals surface area contributed by atoms with E-state index in [-0.39, 0.29) is 6.79 Å². The Hall–Kier alpha value is -3.48. The second kappa shape index (κ2) is 5.96. The fourth-order valence-electron chi connectivity index (χ4n) is 2.27. The molecule has 120 valence electrons. The SMILES string of the molecule is Nc1c(Nc2ccc3c(c2)OCO3)ncnc1Oc1ccccc1. The van der Waals surface area contributed by atoms with Gasteiger partial charge in [0.05, 0.1) is 0 Å². The highest BCUT2D eigenvalue weighted by molar-refractivity contribution is 5.73. The first-order valence-corrected chi connectivity index (χ1v) is 7.29. The maximum Gasteiger partial charge on any atom is 0.248 e. The van der Waals surface area contributed by atoms with Gasteiger partial charge in [-0.15, -0.1) is 0 Å². The summed E-state index contributed by atoms with van der Waals surface area (Å²) in [4.78, 5) is 8.26. The number of anilines is 3. The van der Waals surface area contributed by atoms with E-state index >= 15 is 0 Å². The minimum atomic E-state index is 0.226. The van der Waals surface area contributed by atoms with Crippen molar-refractivity contribution < 1.29 is 14.2 Å². The van der Waals surface area contributed by atoms with E-state index in [1.165, 1.54) is 6.33 Å². The zero-order chi connectivity index (χ0) is 16.4. The van der Waals surface area contributed by atoms with Crippen LogP contribution in [-0.2, 0) is 0 Å². The van der Waals surface area contributed by atoms with E-state index in [9.17, 15) is 0 Å². The van der Waals surface area contributed by atoms with Crippen LogP contribution in [0.3, 0.4) is 0 Å². The summed E-state index contributed by atoms with van der Waals surface area (Å²) in [5.41, 5.74) is 7.22. The predicted molar refractivity (Wildman–Crippen MR) is 88.8 cm³/mol. The number of nitrogens with zero attached hydrogens (tertiary/aromatic N) is 2. The molecule has 0 fully saturated rings. The van der Waals surface area contributed by atoms with Gasteiger partial charge in [-0.25, -0.2) is 4.98 Å². The second-order valence-corrected chi connectivity index (χ2v) is 5.05. The number of fused-ring (bicyclic) bond motifs is 1. The van der Waals surface area contributed by atoms with Gasteiger partial charge in [0.15, 0.2) is 17.3 Å². The van der Waals surface area contributed by atoms with Crippen LogP contribution in [0.15, 0.2) is 54.9 Å². The first-order chi connectivity index (χ1) is 11.8. The summed E-state index contributed by atoms with van der Waals surface area (Å²) >= 11 is 0. The number of aromatic nitrogens is 2. The predicted octanol–water partition coefficient (Wildman–Crippen LogP) is 3.32. The first kappa shape index (κ1) is 14.1. The molecule has 7 nitrogen and oxygen atoms in total. The average Bonchev–Trinajstić information content (AvgIpc) is 3.07. The zero-order valence-corrected chi connectivity index (χ0v) is 12.6. The molecule has 3 N–H and O–H groups in total. The van der Waals surface area contributed by atoms with Crippen LogP contribution in [-0.4, -0.2) is 16.8 Å². The van der Waals surface area contributed by atoms with Crippen LogP contribution in [0.4, 0.5) is 17.2 Å². The molecule has 1 aromatic heterocycles. The molecule has 7 heteroatoms. The maximum absolute atomic E-state index is 6.12. The number of benzene rings is 2. The lowest BCUT2D eigenvalue weighted by molar-refractivity contribution is 0.174. The third-order valence-electron chi connectivity index (χ3n) is 3.44. The monoisotopic (exact) mass is 322 g/mol. The van der Waals surface area contributed by atoms with Gasteiger partial charge in [0.1, 0.15) is 17.8 Å². The molecule has 2 heterocycles. The van der Waals surface area contributed by atoms with Crippen molar-refractivity contribution in [2.75, 3.05) is 17.8 Å². The Morgan fingerprint density at radius 3 is 2.71 bits per heavy atom. The number of nitrogens with one attached hydrogen (secondary N) is 1. The van der Waals surface area contributed by atoms with E-state index in [4.69, 9.17) is 19.9 Å². The third kappa shape index (κ3) is 2.74. The topological polar surface area (TPSA) is 91.5 Å². The number of hydrogen-bond donors (Lipinski definition) is 2.